The van der Waals surface area contributed by atoms with E-state index in [2.05, 4.69) is 11.3 Å². The normalized spacial score (nSPS) is 28.1. The molecule has 1 saturated heterocycles. The van der Waals surface area contributed by atoms with Crippen LogP contribution in [0.25, 0.3) is 0 Å². The van der Waals surface area contributed by atoms with E-state index in [4.69, 9.17) is 10.5 Å². The molecule has 0 aromatic carbocycles. The number of epoxide rings is 1. The van der Waals surface area contributed by atoms with Gasteiger partial charge in [0.2, 0.25) is 0 Å². The maximum Gasteiger partial charge on any atom is 0.280 e. The molecule has 0 aliphatic carbocycles. The number of imide groups is 1. The minimum Gasteiger partial charge on any atom is -0.349 e. The maximum atomic E-state index is 12.0. The van der Waals surface area contributed by atoms with Crippen LogP contribution < -0.4 is 5.73 Å². The number of hydrogen-bond acceptors (Lipinski definition) is 5. The molecule has 7 heteroatoms. The lowest BCUT2D eigenvalue weighted by atomic mass is 10.0. The summed E-state index contributed by atoms with van der Waals surface area (Å²) in [5, 5.41) is 0. The van der Waals surface area contributed by atoms with Gasteiger partial charge in [-0.15, -0.1) is 0 Å². The largest absolute Gasteiger partial charge is 0.349 e. The van der Waals surface area contributed by atoms with E-state index in [1.165, 1.54) is 0 Å². The van der Waals surface area contributed by atoms with Gasteiger partial charge < -0.3 is 10.5 Å². The minimum atomic E-state index is -0.911. The Morgan fingerprint density at radius 3 is 2.78 bits per heavy atom. The number of carbonyl (C=O) groups excluding carboxylic acids is 3. The van der Waals surface area contributed by atoms with Crippen molar-refractivity contribution in [1.29, 1.82) is 0 Å². The molecule has 2 N–H and O–H groups in total. The smallest absolute Gasteiger partial charge is 0.280 e. The van der Waals surface area contributed by atoms with Gasteiger partial charge in [-0.2, -0.15) is 4.99 Å². The van der Waals surface area contributed by atoms with E-state index >= 15 is 0 Å². The van der Waals surface area contributed by atoms with Gasteiger partial charge in [-0.05, 0) is 12.3 Å². The Labute approximate surface area is 104 Å². The molecular weight excluding hydrogens is 238 g/mol. The second-order valence-electron chi connectivity index (χ2n) is 4.78. The quantitative estimate of drug-likeness (QED) is 0.644. The van der Waals surface area contributed by atoms with Crippen molar-refractivity contribution in [3.05, 3.63) is 0 Å². The summed E-state index contributed by atoms with van der Waals surface area (Å²) in [5.74, 6) is -1.61. The topological polar surface area (TPSA) is 105 Å². The Bertz CT molecular complexity index is 432. The van der Waals surface area contributed by atoms with Gasteiger partial charge in [0, 0.05) is 0 Å². The van der Waals surface area contributed by atoms with Gasteiger partial charge in [0.1, 0.15) is 0 Å². The van der Waals surface area contributed by atoms with Crippen molar-refractivity contribution in [2.24, 2.45) is 16.6 Å². The predicted molar refractivity (Wildman–Crippen MR) is 60.4 cm³/mol. The van der Waals surface area contributed by atoms with Crippen LogP contribution in [-0.4, -0.2) is 47.2 Å². The number of rotatable bonds is 3. The van der Waals surface area contributed by atoms with Crippen molar-refractivity contribution in [3.63, 3.8) is 0 Å². The van der Waals surface area contributed by atoms with Gasteiger partial charge in [0.25, 0.3) is 17.7 Å². The van der Waals surface area contributed by atoms with Gasteiger partial charge in [0.05, 0.1) is 6.04 Å². The fourth-order valence-electron chi connectivity index (χ4n) is 1.76. The molecule has 7 nitrogen and oxygen atoms in total. The molecule has 2 aliphatic rings. The predicted octanol–water partition coefficient (Wildman–Crippen LogP) is -1.07. The molecule has 3 amide bonds. The molecule has 0 unspecified atom stereocenters. The number of hydrogen-bond donors (Lipinski definition) is 1. The summed E-state index contributed by atoms with van der Waals surface area (Å²) in [6.45, 7) is 3.83. The highest BCUT2D eigenvalue weighted by Gasteiger charge is 2.54. The Morgan fingerprint density at radius 2 is 2.17 bits per heavy atom. The summed E-state index contributed by atoms with van der Waals surface area (Å²) in [6.07, 6.45) is 0.815. The number of carbonyl (C=O) groups is 3. The first-order valence-electron chi connectivity index (χ1n) is 5.71. The molecule has 97 valence electrons. The molecule has 18 heavy (non-hydrogen) atoms. The summed E-state index contributed by atoms with van der Waals surface area (Å²) in [6, 6.07) is -0.818. The summed E-state index contributed by atoms with van der Waals surface area (Å²) in [4.78, 5) is 39.1. The molecule has 0 aromatic heterocycles. The van der Waals surface area contributed by atoms with Gasteiger partial charge >= 0.3 is 0 Å². The first kappa shape index (κ1) is 12.8. The molecule has 0 bridgehead atoms. The average molecular weight is 252 g/mol. The van der Waals surface area contributed by atoms with Crippen molar-refractivity contribution in [2.75, 3.05) is 0 Å². The summed E-state index contributed by atoms with van der Waals surface area (Å²) in [5.41, 5.74) is 5.71. The van der Waals surface area contributed by atoms with Crippen LogP contribution in [0.5, 0.6) is 0 Å². The number of nitrogens with zero attached hydrogens (tertiary/aromatic N) is 2. The Balaban J connectivity index is 2.11. The lowest BCUT2D eigenvalue weighted by Crippen LogP contribution is -2.47. The van der Waals surface area contributed by atoms with E-state index in [-0.39, 0.29) is 5.92 Å². The van der Waals surface area contributed by atoms with Crippen molar-refractivity contribution in [2.45, 2.75) is 38.5 Å². The molecule has 3 atom stereocenters. The van der Waals surface area contributed by atoms with Crippen LogP contribution in [0, 0.1) is 5.92 Å². The second-order valence-corrected chi connectivity index (χ2v) is 4.78. The third-order valence-electron chi connectivity index (χ3n) is 2.72. The first-order valence-corrected chi connectivity index (χ1v) is 5.71. The fourth-order valence-corrected chi connectivity index (χ4v) is 1.76. The molecule has 2 heterocycles. The number of ether oxygens (including phenoxy) is 1. The number of nitrogens with two attached hydrogens (primary N) is 1. The molecule has 0 spiro atoms. The van der Waals surface area contributed by atoms with Crippen LogP contribution in [-0.2, 0) is 19.1 Å². The van der Waals surface area contributed by atoms with Crippen LogP contribution in [0.1, 0.15) is 20.3 Å². The van der Waals surface area contributed by atoms with Crippen LogP contribution >= 0.6 is 0 Å². The molecule has 1 fully saturated rings. The molecule has 0 aromatic rings. The van der Waals surface area contributed by atoms with Crippen molar-refractivity contribution >= 4 is 24.1 Å². The number of aliphatic imine (C=N–C) groups is 1. The molecule has 2 rings (SSSR count). The van der Waals surface area contributed by atoms with Gasteiger partial charge in [-0.25, -0.2) is 4.90 Å². The van der Waals surface area contributed by atoms with E-state index in [0.717, 1.165) is 0 Å². The monoisotopic (exact) mass is 252 g/mol. The van der Waals surface area contributed by atoms with E-state index < -0.39 is 36.0 Å². The highest BCUT2D eigenvalue weighted by atomic mass is 16.6. The van der Waals surface area contributed by atoms with Crippen LogP contribution in [0.2, 0.25) is 0 Å². The lowest BCUT2D eigenvalue weighted by Gasteiger charge is -2.19. The van der Waals surface area contributed by atoms with E-state index in [0.29, 0.717) is 11.3 Å². The Hall–Kier alpha value is -1.60. The van der Waals surface area contributed by atoms with E-state index in [9.17, 15) is 14.4 Å². The zero-order valence-electron chi connectivity index (χ0n) is 10.1. The average Bonchev–Trinajstić information content (AvgIpc) is 3.06. The standard InChI is InChI=1S/C11H14N3O4/c1-5(2)3-6(12)10(16)14-4-13-9(15)7-8(18-7)11(14)17/h5-8H,3,12H2,1-2H3/t6-,7-,8-/m0/s1. The zero-order chi connectivity index (χ0) is 13.4. The summed E-state index contributed by atoms with van der Waals surface area (Å²) < 4.78 is 4.86. The highest BCUT2D eigenvalue weighted by molar-refractivity contribution is 6.15. The van der Waals surface area contributed by atoms with Crippen molar-refractivity contribution in [3.8, 4) is 0 Å². The Kier molecular flexibility index (Phi) is 3.27. The van der Waals surface area contributed by atoms with Gasteiger partial charge in [-0.1, -0.05) is 13.8 Å². The third-order valence-corrected chi connectivity index (χ3v) is 2.72. The fraction of sp³-hybridized carbons (Fsp3) is 0.636. The number of fused-ring (bicyclic) bond motifs is 1. The minimum absolute atomic E-state index is 0.217. The molecule has 2 aliphatic heterocycles. The zero-order valence-corrected chi connectivity index (χ0v) is 10.1. The molecule has 0 saturated carbocycles. The Morgan fingerprint density at radius 1 is 1.50 bits per heavy atom. The van der Waals surface area contributed by atoms with Crippen LogP contribution in [0.3, 0.4) is 0 Å². The molecule has 1 radical (unpaired) electrons. The highest BCUT2D eigenvalue weighted by Crippen LogP contribution is 2.27. The molecular formula is C11H14N3O4. The van der Waals surface area contributed by atoms with Gasteiger partial charge in [0.15, 0.2) is 18.5 Å². The third kappa shape index (κ3) is 2.32. The van der Waals surface area contributed by atoms with E-state index in [1.54, 1.807) is 0 Å². The summed E-state index contributed by atoms with van der Waals surface area (Å²) >= 11 is 0. The van der Waals surface area contributed by atoms with Crippen LogP contribution in [0.4, 0.5) is 0 Å². The van der Waals surface area contributed by atoms with Gasteiger partial charge in [-0.3, -0.25) is 14.4 Å². The van der Waals surface area contributed by atoms with Crippen molar-refractivity contribution < 1.29 is 19.1 Å². The van der Waals surface area contributed by atoms with Crippen molar-refractivity contribution in [1.82, 2.24) is 4.90 Å². The van der Waals surface area contributed by atoms with Crippen LogP contribution in [0.15, 0.2) is 4.99 Å². The maximum absolute atomic E-state index is 12.0. The first-order chi connectivity index (χ1) is 8.41. The van der Waals surface area contributed by atoms with E-state index in [1.807, 2.05) is 13.8 Å². The number of amides is 3. The summed E-state index contributed by atoms with van der Waals surface area (Å²) in [7, 11) is 0. The SMILES string of the molecule is CC(C)C[C@H](N)C(=O)N1[C]=NC(=O)[C@H]2O[C@@H]2C1=O. The lowest BCUT2D eigenvalue weighted by molar-refractivity contribution is -0.141. The second kappa shape index (κ2) is 4.58.